The molecule has 3 aromatic carbocycles. The first-order valence-electron chi connectivity index (χ1n) is 21.5. The Labute approximate surface area is 316 Å². The number of rotatable bonds is 5. The standard InChI is InChI=1S/C40H46F2N4O5S/c1-7-50-37(47)25(2)20-26-10-8-11-27(21-26)40(5)17-9-16-39(3,4)24-52(48,49)19-15-30-29-14-18-43-34(29)23-33(42)35(30)51-28-12-13-32(41)31(22-28)36-44-38(40)45-46(36)6/h8,10-14,18,21-23,25,43H,7,9,15-17,19-20,24H2,1-6H3/i3D3,4D3,5D3. The van der Waals surface area contributed by atoms with Gasteiger partial charge in [0, 0.05) is 48.1 Å². The number of aromatic nitrogens is 4. The minimum atomic E-state index is -4.61. The van der Waals surface area contributed by atoms with Crippen LogP contribution in [0, 0.1) is 23.0 Å². The molecule has 1 aliphatic rings. The highest BCUT2D eigenvalue weighted by Gasteiger charge is 2.36. The molecule has 0 saturated carbocycles. The highest BCUT2D eigenvalue weighted by Crippen LogP contribution is 2.41. The smallest absolute Gasteiger partial charge is 0.308 e. The van der Waals surface area contributed by atoms with Crippen molar-refractivity contribution in [3.8, 4) is 22.9 Å². The fourth-order valence-electron chi connectivity index (χ4n) is 6.74. The molecule has 12 heteroatoms. The number of sulfone groups is 1. The number of hydrogen-bond acceptors (Lipinski definition) is 7. The van der Waals surface area contributed by atoms with Crippen molar-refractivity contribution in [1.82, 2.24) is 19.7 Å². The Morgan fingerprint density at radius 3 is 2.71 bits per heavy atom. The molecule has 52 heavy (non-hydrogen) atoms. The van der Waals surface area contributed by atoms with Gasteiger partial charge < -0.3 is 14.5 Å². The van der Waals surface area contributed by atoms with Crippen LogP contribution in [0.3, 0.4) is 0 Å². The molecule has 0 aliphatic carbocycles. The predicted molar refractivity (Wildman–Crippen MR) is 197 cm³/mol. The second-order valence-corrected chi connectivity index (χ2v) is 15.7. The van der Waals surface area contributed by atoms with Gasteiger partial charge in [-0.25, -0.2) is 26.9 Å². The molecule has 2 unspecified atom stereocenters. The third kappa shape index (κ3) is 7.77. The number of fused-ring (bicyclic) bond motifs is 8. The number of ether oxygens (including phenoxy) is 2. The number of benzene rings is 3. The molecular weight excluding hydrogens is 687 g/mol. The van der Waals surface area contributed by atoms with Gasteiger partial charge in [0.2, 0.25) is 0 Å². The van der Waals surface area contributed by atoms with Crippen molar-refractivity contribution in [1.29, 1.82) is 0 Å². The SMILES string of the molecule is [2H]C([2H])([2H])C1(c2cccc(CC(C)C(=O)OCC)c2)CCCC(C([2H])([2H])[2H])(C([2H])([2H])[2H])CS(=O)(=O)CCc2c(c(F)cc3[nH]ccc23)Oc2ccc(F)c(c2)-c2nc1nn2C. The van der Waals surface area contributed by atoms with E-state index in [9.17, 15) is 13.2 Å². The number of hydrogen-bond donors (Lipinski definition) is 1. The van der Waals surface area contributed by atoms with Crippen LogP contribution in [0.15, 0.2) is 60.8 Å². The molecule has 0 spiro atoms. The zero-order chi connectivity index (χ0) is 44.9. The van der Waals surface area contributed by atoms with Gasteiger partial charge in [0.25, 0.3) is 0 Å². The van der Waals surface area contributed by atoms with Gasteiger partial charge in [0.05, 0.1) is 35.0 Å². The van der Waals surface area contributed by atoms with E-state index >= 15 is 8.78 Å². The lowest BCUT2D eigenvalue weighted by Gasteiger charge is -2.31. The first-order chi connectivity index (χ1) is 28.3. The van der Waals surface area contributed by atoms with Gasteiger partial charge in [-0.2, -0.15) is 5.10 Å². The molecule has 0 saturated heterocycles. The fourth-order valence-corrected chi connectivity index (χ4v) is 8.30. The van der Waals surface area contributed by atoms with E-state index in [-0.39, 0.29) is 47.1 Å². The summed E-state index contributed by atoms with van der Waals surface area (Å²) in [4.78, 5) is 20.1. The van der Waals surface area contributed by atoms with Gasteiger partial charge in [-0.15, -0.1) is 0 Å². The van der Waals surface area contributed by atoms with Crippen molar-refractivity contribution >= 4 is 26.7 Å². The highest BCUT2D eigenvalue weighted by atomic mass is 32.2. The summed E-state index contributed by atoms with van der Waals surface area (Å²) in [5.41, 5.74) is -4.40. The van der Waals surface area contributed by atoms with E-state index in [0.717, 1.165) is 16.8 Å². The maximum Gasteiger partial charge on any atom is 0.308 e. The van der Waals surface area contributed by atoms with Crippen molar-refractivity contribution in [2.45, 2.75) is 71.9 Å². The van der Waals surface area contributed by atoms with Gasteiger partial charge in [0.15, 0.2) is 33.1 Å². The normalized spacial score (nSPS) is 22.8. The number of H-pyrrole nitrogens is 1. The van der Waals surface area contributed by atoms with E-state index in [1.165, 1.54) is 37.5 Å². The quantitative estimate of drug-likeness (QED) is 0.180. The van der Waals surface area contributed by atoms with E-state index in [2.05, 4.69) is 15.1 Å². The van der Waals surface area contributed by atoms with Crippen LogP contribution < -0.4 is 4.74 Å². The van der Waals surface area contributed by atoms with Crippen LogP contribution in [0.25, 0.3) is 22.3 Å². The zero-order valence-electron chi connectivity index (χ0n) is 38.1. The summed E-state index contributed by atoms with van der Waals surface area (Å²) in [6, 6.07) is 12.4. The lowest BCUT2D eigenvalue weighted by Crippen LogP contribution is -2.29. The summed E-state index contributed by atoms with van der Waals surface area (Å²) in [6.07, 6.45) is -0.626. The predicted octanol–water partition coefficient (Wildman–Crippen LogP) is 8.25. The van der Waals surface area contributed by atoms with E-state index in [4.69, 9.17) is 21.8 Å². The van der Waals surface area contributed by atoms with Gasteiger partial charge in [0.1, 0.15) is 11.6 Å². The topological polar surface area (TPSA) is 116 Å². The van der Waals surface area contributed by atoms with E-state index in [1.54, 1.807) is 32.0 Å². The average Bonchev–Trinajstić information content (AvgIpc) is 3.78. The lowest BCUT2D eigenvalue weighted by atomic mass is 9.75. The van der Waals surface area contributed by atoms with Crippen LogP contribution >= 0.6 is 0 Å². The summed E-state index contributed by atoms with van der Waals surface area (Å²) < 4.78 is 151. The molecule has 0 amide bonds. The maximum atomic E-state index is 15.9. The second-order valence-electron chi connectivity index (χ2n) is 13.5. The Balaban J connectivity index is 1.63. The molecule has 9 nitrogen and oxygen atoms in total. The summed E-state index contributed by atoms with van der Waals surface area (Å²) >= 11 is 0. The van der Waals surface area contributed by atoms with Gasteiger partial charge in [-0.3, -0.25) is 4.79 Å². The number of nitrogens with zero attached hydrogens (tertiary/aromatic N) is 3. The Hall–Kier alpha value is -4.58. The molecule has 1 N–H and O–H groups in total. The molecule has 1 aliphatic heterocycles. The Morgan fingerprint density at radius 2 is 1.94 bits per heavy atom. The van der Waals surface area contributed by atoms with Crippen LogP contribution in [0.5, 0.6) is 11.5 Å². The molecule has 0 radical (unpaired) electrons. The van der Waals surface area contributed by atoms with Crippen LogP contribution in [-0.2, 0) is 44.7 Å². The molecule has 3 heterocycles. The molecule has 4 bridgehead atoms. The van der Waals surface area contributed by atoms with Crippen LogP contribution in [-0.4, -0.2) is 52.2 Å². The fraction of sp³-hybridized carbons (Fsp3) is 0.425. The van der Waals surface area contributed by atoms with Crippen molar-refractivity contribution in [3.63, 3.8) is 0 Å². The first kappa shape index (κ1) is 27.1. The monoisotopic (exact) mass is 741 g/mol. The molecule has 6 rings (SSSR count). The summed E-state index contributed by atoms with van der Waals surface area (Å²) in [5.74, 6) is -6.05. The highest BCUT2D eigenvalue weighted by molar-refractivity contribution is 7.91. The van der Waals surface area contributed by atoms with E-state index < -0.39 is 108 Å². The molecule has 0 fully saturated rings. The number of carbonyl (C=O) groups is 1. The molecule has 2 atom stereocenters. The molecular formula is C40H46F2N4O5S. The molecule has 5 aromatic rings. The van der Waals surface area contributed by atoms with Gasteiger partial charge in [-0.05, 0) is 80.3 Å². The number of esters is 1. The second kappa shape index (κ2) is 14.4. The van der Waals surface area contributed by atoms with Crippen molar-refractivity contribution in [2.24, 2.45) is 18.4 Å². The van der Waals surface area contributed by atoms with Gasteiger partial charge in [-0.1, -0.05) is 51.3 Å². The number of halogens is 2. The Morgan fingerprint density at radius 1 is 1.12 bits per heavy atom. The third-order valence-electron chi connectivity index (χ3n) is 9.34. The average molecular weight is 742 g/mol. The summed E-state index contributed by atoms with van der Waals surface area (Å²) in [5, 5.41) is 4.90. The van der Waals surface area contributed by atoms with Crippen molar-refractivity contribution < 1.29 is 43.8 Å². The number of nitrogens with one attached hydrogen (secondary N) is 1. The van der Waals surface area contributed by atoms with E-state index in [1.807, 2.05) is 0 Å². The van der Waals surface area contributed by atoms with Crippen LogP contribution in [0.1, 0.15) is 88.5 Å². The Bertz CT molecular complexity index is 2540. The van der Waals surface area contributed by atoms with Crippen LogP contribution in [0.2, 0.25) is 0 Å². The number of aryl methyl sites for hydroxylation is 2. The third-order valence-corrected chi connectivity index (χ3v) is 11.1. The largest absolute Gasteiger partial charge is 0.466 e. The summed E-state index contributed by atoms with van der Waals surface area (Å²) in [7, 11) is -3.21. The minimum absolute atomic E-state index is 0.0717. The number of carbonyl (C=O) groups excluding carboxylic acids is 1. The summed E-state index contributed by atoms with van der Waals surface area (Å²) in [6.45, 7) is -6.46. The van der Waals surface area contributed by atoms with Gasteiger partial charge >= 0.3 is 5.97 Å². The number of aromatic amines is 1. The molecule has 2 aromatic heterocycles. The zero-order valence-corrected chi connectivity index (χ0v) is 29.9. The molecule has 276 valence electrons. The minimum Gasteiger partial charge on any atom is -0.466 e. The van der Waals surface area contributed by atoms with Crippen molar-refractivity contribution in [3.05, 3.63) is 94.9 Å². The van der Waals surface area contributed by atoms with Crippen LogP contribution in [0.4, 0.5) is 8.78 Å². The first-order valence-corrected chi connectivity index (χ1v) is 18.8. The van der Waals surface area contributed by atoms with Crippen molar-refractivity contribution in [2.75, 3.05) is 18.1 Å². The van der Waals surface area contributed by atoms with E-state index in [0.29, 0.717) is 16.5 Å². The Kier molecular flexibility index (Phi) is 7.52. The maximum absolute atomic E-state index is 15.9. The lowest BCUT2D eigenvalue weighted by molar-refractivity contribution is -0.147.